The molecular weight excluding hydrogens is 216 g/mol. The molecule has 6 nitrogen and oxygen atoms in total. The Morgan fingerprint density at radius 3 is 2.19 bits per heavy atom. The highest BCUT2D eigenvalue weighted by Gasteiger charge is 2.03. The van der Waals surface area contributed by atoms with Crippen molar-refractivity contribution >= 4 is 11.9 Å². The maximum Gasteiger partial charge on any atom is 0.330 e. The number of carbonyl (C=O) groups is 2. The zero-order valence-electron chi connectivity index (χ0n) is 9.05. The number of carbonyl (C=O) groups excluding carboxylic acids is 1. The van der Waals surface area contributed by atoms with E-state index in [1.54, 1.807) is 0 Å². The predicted octanol–water partition coefficient (Wildman–Crippen LogP) is -0.284. The van der Waals surface area contributed by atoms with Crippen molar-refractivity contribution < 1.29 is 29.6 Å². The van der Waals surface area contributed by atoms with Crippen LogP contribution >= 0.6 is 0 Å². The number of hydrogen-bond acceptors (Lipinski definition) is 5. The van der Waals surface area contributed by atoms with E-state index in [4.69, 9.17) is 15.3 Å². The average molecular weight is 232 g/mol. The second-order valence-corrected chi connectivity index (χ2v) is 2.76. The first-order chi connectivity index (χ1) is 7.34. The van der Waals surface area contributed by atoms with Crippen LogP contribution in [0.25, 0.3) is 0 Å². The number of carboxylic acids is 1. The first kappa shape index (κ1) is 16.8. The molecule has 0 aromatic rings. The van der Waals surface area contributed by atoms with Gasteiger partial charge in [0.1, 0.15) is 12.7 Å². The summed E-state index contributed by atoms with van der Waals surface area (Å²) in [5.41, 5.74) is 0.176. The van der Waals surface area contributed by atoms with Crippen molar-refractivity contribution in [1.82, 2.24) is 0 Å². The second kappa shape index (κ2) is 9.88. The Bertz CT molecular complexity index is 246. The van der Waals surface area contributed by atoms with E-state index in [1.165, 1.54) is 6.92 Å². The third kappa shape index (κ3) is 12.3. The highest BCUT2D eigenvalue weighted by atomic mass is 16.5. The fraction of sp³-hybridized carbons (Fsp3) is 0.400. The van der Waals surface area contributed by atoms with E-state index in [9.17, 15) is 9.59 Å². The topological polar surface area (TPSA) is 104 Å². The summed E-state index contributed by atoms with van der Waals surface area (Å²) in [6.45, 7) is 7.14. The highest BCUT2D eigenvalue weighted by Crippen LogP contribution is 1.84. The molecule has 0 spiro atoms. The fourth-order valence-corrected chi connectivity index (χ4v) is 0.290. The molecule has 0 rings (SSSR count). The third-order valence-corrected chi connectivity index (χ3v) is 1.16. The molecule has 0 aliphatic heterocycles. The first-order valence-electron chi connectivity index (χ1n) is 4.32. The van der Waals surface area contributed by atoms with Crippen LogP contribution in [-0.4, -0.2) is 46.6 Å². The minimum atomic E-state index is -0.996. The van der Waals surface area contributed by atoms with Crippen molar-refractivity contribution in [1.29, 1.82) is 0 Å². The summed E-state index contributed by atoms with van der Waals surface area (Å²) in [6.07, 6.45) is -0.00622. The first-order valence-corrected chi connectivity index (χ1v) is 4.32. The molecule has 0 heterocycles. The lowest BCUT2D eigenvalue weighted by atomic mass is 10.4. The Morgan fingerprint density at radius 1 is 1.50 bits per heavy atom. The Balaban J connectivity index is 0. The molecule has 6 heteroatoms. The molecule has 16 heavy (non-hydrogen) atoms. The quantitative estimate of drug-likeness (QED) is 0.444. The van der Waals surface area contributed by atoms with Gasteiger partial charge in [0.05, 0.1) is 6.61 Å². The van der Waals surface area contributed by atoms with Gasteiger partial charge in [0.2, 0.25) is 0 Å². The summed E-state index contributed by atoms with van der Waals surface area (Å²) < 4.78 is 4.38. The molecule has 3 N–H and O–H groups in total. The van der Waals surface area contributed by atoms with Crippen LogP contribution in [-0.2, 0) is 14.3 Å². The van der Waals surface area contributed by atoms with Gasteiger partial charge in [-0.1, -0.05) is 13.2 Å². The number of ether oxygens (including phenoxy) is 1. The summed E-state index contributed by atoms with van der Waals surface area (Å²) in [4.78, 5) is 19.9. The van der Waals surface area contributed by atoms with Crippen molar-refractivity contribution in [3.63, 3.8) is 0 Å². The van der Waals surface area contributed by atoms with Gasteiger partial charge < -0.3 is 20.1 Å². The van der Waals surface area contributed by atoms with Gasteiger partial charge >= 0.3 is 11.9 Å². The second-order valence-electron chi connectivity index (χ2n) is 2.76. The number of hydrogen-bond donors (Lipinski definition) is 3. The molecule has 92 valence electrons. The van der Waals surface area contributed by atoms with Crippen molar-refractivity contribution in [2.24, 2.45) is 0 Å². The molecule has 0 aromatic carbocycles. The average Bonchev–Trinajstić information content (AvgIpc) is 2.25. The highest BCUT2D eigenvalue weighted by molar-refractivity contribution is 5.84. The Morgan fingerprint density at radius 2 is 1.94 bits per heavy atom. The molecule has 0 fully saturated rings. The van der Waals surface area contributed by atoms with Gasteiger partial charge in [-0.2, -0.15) is 0 Å². The standard InChI is InChI=1S/C6H10O4.C4H6O2/c1-2-6(9)10-4-5(8)3-7;1-3(2)4(5)6/h2,5,7-8H,1,3-4H2;1H2,2H3,(H,5,6). The van der Waals surface area contributed by atoms with Gasteiger partial charge in [0.15, 0.2) is 0 Å². The summed E-state index contributed by atoms with van der Waals surface area (Å²) >= 11 is 0. The van der Waals surface area contributed by atoms with Crippen LogP contribution in [0.4, 0.5) is 0 Å². The van der Waals surface area contributed by atoms with E-state index in [0.29, 0.717) is 0 Å². The Labute approximate surface area is 93.5 Å². The van der Waals surface area contributed by atoms with Crippen LogP contribution in [0.15, 0.2) is 24.8 Å². The van der Waals surface area contributed by atoms with Gasteiger partial charge in [-0.15, -0.1) is 0 Å². The largest absolute Gasteiger partial charge is 0.478 e. The molecular formula is C10H16O6. The maximum absolute atomic E-state index is 10.3. The summed E-state index contributed by atoms with van der Waals surface area (Å²) in [7, 11) is 0. The van der Waals surface area contributed by atoms with E-state index in [-0.39, 0.29) is 12.2 Å². The van der Waals surface area contributed by atoms with Crippen LogP contribution in [0.3, 0.4) is 0 Å². The minimum Gasteiger partial charge on any atom is -0.478 e. The maximum atomic E-state index is 10.3. The summed E-state index contributed by atoms with van der Waals surface area (Å²) in [6, 6.07) is 0. The van der Waals surface area contributed by atoms with E-state index < -0.39 is 24.6 Å². The Hall–Kier alpha value is -1.66. The van der Waals surface area contributed by atoms with E-state index in [2.05, 4.69) is 17.9 Å². The minimum absolute atomic E-state index is 0.176. The van der Waals surface area contributed by atoms with E-state index in [1.807, 2.05) is 0 Å². The molecule has 0 amide bonds. The zero-order valence-corrected chi connectivity index (χ0v) is 9.05. The van der Waals surface area contributed by atoms with Gasteiger partial charge in [-0.3, -0.25) is 0 Å². The van der Waals surface area contributed by atoms with Gasteiger partial charge in [0.25, 0.3) is 0 Å². The normalized spacial score (nSPS) is 10.4. The van der Waals surface area contributed by atoms with Gasteiger partial charge in [-0.05, 0) is 6.92 Å². The predicted molar refractivity (Wildman–Crippen MR) is 56.7 cm³/mol. The van der Waals surface area contributed by atoms with Crippen molar-refractivity contribution in [2.45, 2.75) is 13.0 Å². The van der Waals surface area contributed by atoms with E-state index >= 15 is 0 Å². The molecule has 0 saturated heterocycles. The number of aliphatic carboxylic acids is 1. The molecule has 0 aliphatic carbocycles. The van der Waals surface area contributed by atoms with Gasteiger partial charge in [0, 0.05) is 11.6 Å². The van der Waals surface area contributed by atoms with Crippen LogP contribution in [0.2, 0.25) is 0 Å². The van der Waals surface area contributed by atoms with Crippen LogP contribution in [0, 0.1) is 0 Å². The molecule has 0 saturated carbocycles. The number of aliphatic hydroxyl groups excluding tert-OH is 2. The number of rotatable bonds is 5. The third-order valence-electron chi connectivity index (χ3n) is 1.16. The molecule has 1 atom stereocenters. The Kier molecular flexibility index (Phi) is 10.3. The van der Waals surface area contributed by atoms with Crippen molar-refractivity contribution in [3.8, 4) is 0 Å². The fourth-order valence-electron chi connectivity index (χ4n) is 0.290. The summed E-state index contributed by atoms with van der Waals surface area (Å²) in [5, 5.41) is 24.8. The van der Waals surface area contributed by atoms with E-state index in [0.717, 1.165) is 6.08 Å². The molecule has 1 unspecified atom stereocenters. The zero-order chi connectivity index (χ0) is 13.1. The lowest BCUT2D eigenvalue weighted by Gasteiger charge is -2.05. The van der Waals surface area contributed by atoms with Crippen LogP contribution in [0.5, 0.6) is 0 Å². The smallest absolute Gasteiger partial charge is 0.330 e. The molecule has 0 bridgehead atoms. The number of esters is 1. The molecule has 0 aliphatic rings. The summed E-state index contributed by atoms with van der Waals surface area (Å²) in [5.74, 6) is -1.54. The van der Waals surface area contributed by atoms with Crippen LogP contribution in [0.1, 0.15) is 6.92 Å². The SMILES string of the molecule is C=C(C)C(=O)O.C=CC(=O)OCC(O)CO. The molecule has 0 aromatic heterocycles. The molecule has 0 radical (unpaired) electrons. The monoisotopic (exact) mass is 232 g/mol. The number of carboxylic acid groups (broad SMARTS) is 1. The lowest BCUT2D eigenvalue weighted by Crippen LogP contribution is -2.21. The number of aliphatic hydroxyl groups is 2. The van der Waals surface area contributed by atoms with Crippen LogP contribution < -0.4 is 0 Å². The van der Waals surface area contributed by atoms with Crippen molar-refractivity contribution in [2.75, 3.05) is 13.2 Å². The van der Waals surface area contributed by atoms with Crippen molar-refractivity contribution in [3.05, 3.63) is 24.8 Å². The lowest BCUT2D eigenvalue weighted by molar-refractivity contribution is -0.141. The van der Waals surface area contributed by atoms with Gasteiger partial charge in [-0.25, -0.2) is 9.59 Å².